The van der Waals surface area contributed by atoms with Crippen molar-refractivity contribution < 1.29 is 9.18 Å². The van der Waals surface area contributed by atoms with Crippen molar-refractivity contribution in [3.05, 3.63) is 24.0 Å². The second kappa shape index (κ2) is 6.14. The number of benzene rings is 1. The predicted octanol–water partition coefficient (Wildman–Crippen LogP) is 4.19. The standard InChI is InChI=1S/C19H25FN2O/c20-16-4-3-5-17(22-8-1-2-9-22)19(16)21-18(23)12-15-11-13-6-7-14(15)10-13/h3-5,13-15H,1-2,6-12H2,(H,21,23). The van der Waals surface area contributed by atoms with Gasteiger partial charge in [-0.1, -0.05) is 12.5 Å². The van der Waals surface area contributed by atoms with Gasteiger partial charge in [-0.2, -0.15) is 0 Å². The largest absolute Gasteiger partial charge is 0.370 e. The van der Waals surface area contributed by atoms with Gasteiger partial charge in [-0.05, 0) is 62.0 Å². The van der Waals surface area contributed by atoms with Gasteiger partial charge in [0.25, 0.3) is 0 Å². The molecule has 1 amide bonds. The zero-order valence-corrected chi connectivity index (χ0v) is 13.6. The number of amides is 1. The Kier molecular flexibility index (Phi) is 4.00. The molecule has 2 bridgehead atoms. The molecule has 4 heteroatoms. The third kappa shape index (κ3) is 2.96. The Hall–Kier alpha value is -1.58. The third-order valence-electron chi connectivity index (χ3n) is 6.03. The van der Waals surface area contributed by atoms with E-state index in [4.69, 9.17) is 0 Å². The van der Waals surface area contributed by atoms with Crippen molar-refractivity contribution in [3.8, 4) is 0 Å². The summed E-state index contributed by atoms with van der Waals surface area (Å²) in [5.74, 6) is 1.73. The monoisotopic (exact) mass is 316 g/mol. The van der Waals surface area contributed by atoms with Crippen LogP contribution in [0.25, 0.3) is 0 Å². The molecule has 2 saturated carbocycles. The molecule has 1 saturated heterocycles. The van der Waals surface area contributed by atoms with Crippen molar-refractivity contribution in [2.45, 2.75) is 44.9 Å². The maximum Gasteiger partial charge on any atom is 0.224 e. The first-order valence-corrected chi connectivity index (χ1v) is 9.04. The quantitative estimate of drug-likeness (QED) is 0.903. The summed E-state index contributed by atoms with van der Waals surface area (Å²) in [5.41, 5.74) is 1.21. The van der Waals surface area contributed by atoms with Crippen LogP contribution in [0.5, 0.6) is 0 Å². The topological polar surface area (TPSA) is 32.3 Å². The molecule has 3 aliphatic rings. The Balaban J connectivity index is 1.46. The molecule has 23 heavy (non-hydrogen) atoms. The highest BCUT2D eigenvalue weighted by Gasteiger charge is 2.40. The molecule has 1 aromatic carbocycles. The Labute approximate surface area is 137 Å². The maximum atomic E-state index is 14.3. The highest BCUT2D eigenvalue weighted by molar-refractivity contribution is 5.94. The highest BCUT2D eigenvalue weighted by atomic mass is 19.1. The first-order chi connectivity index (χ1) is 11.2. The van der Waals surface area contributed by atoms with Crippen LogP contribution in [-0.2, 0) is 4.79 Å². The van der Waals surface area contributed by atoms with E-state index in [9.17, 15) is 9.18 Å². The zero-order valence-electron chi connectivity index (χ0n) is 13.6. The third-order valence-corrected chi connectivity index (χ3v) is 6.03. The van der Waals surface area contributed by atoms with Crippen molar-refractivity contribution in [1.82, 2.24) is 0 Å². The van der Waals surface area contributed by atoms with Crippen molar-refractivity contribution in [1.29, 1.82) is 0 Å². The van der Waals surface area contributed by atoms with E-state index >= 15 is 0 Å². The molecular formula is C19H25FN2O. The number of hydrogen-bond donors (Lipinski definition) is 1. The molecule has 3 nitrogen and oxygen atoms in total. The molecule has 1 aromatic rings. The van der Waals surface area contributed by atoms with E-state index in [-0.39, 0.29) is 11.7 Å². The van der Waals surface area contributed by atoms with Crippen LogP contribution in [0.15, 0.2) is 18.2 Å². The lowest BCUT2D eigenvalue weighted by atomic mass is 9.86. The lowest BCUT2D eigenvalue weighted by Gasteiger charge is -2.24. The van der Waals surface area contributed by atoms with Gasteiger partial charge in [-0.3, -0.25) is 4.79 Å². The summed E-state index contributed by atoms with van der Waals surface area (Å²) in [6, 6.07) is 5.09. The Bertz CT molecular complexity index is 597. The Morgan fingerprint density at radius 1 is 1.22 bits per heavy atom. The molecule has 0 radical (unpaired) electrons. The summed E-state index contributed by atoms with van der Waals surface area (Å²) in [7, 11) is 0. The van der Waals surface area contributed by atoms with E-state index in [0.29, 0.717) is 18.0 Å². The summed E-state index contributed by atoms with van der Waals surface area (Å²) in [6.45, 7) is 1.89. The second-order valence-corrected chi connectivity index (χ2v) is 7.52. The molecule has 3 fully saturated rings. The normalized spacial score (nSPS) is 29.3. The minimum absolute atomic E-state index is 0.0203. The summed E-state index contributed by atoms with van der Waals surface area (Å²) in [6.07, 6.45) is 7.93. The highest BCUT2D eigenvalue weighted by Crippen LogP contribution is 2.49. The van der Waals surface area contributed by atoms with Gasteiger partial charge in [0.05, 0.1) is 5.69 Å². The van der Waals surface area contributed by atoms with Crippen molar-refractivity contribution in [2.24, 2.45) is 17.8 Å². The number of rotatable bonds is 4. The minimum Gasteiger partial charge on any atom is -0.370 e. The van der Waals surface area contributed by atoms with Gasteiger partial charge >= 0.3 is 0 Å². The van der Waals surface area contributed by atoms with Crippen LogP contribution in [0.3, 0.4) is 0 Å². The first-order valence-electron chi connectivity index (χ1n) is 9.04. The fourth-order valence-electron chi connectivity index (χ4n) is 4.91. The number of halogens is 1. The van der Waals surface area contributed by atoms with Gasteiger partial charge in [0, 0.05) is 19.5 Å². The minimum atomic E-state index is -0.323. The Morgan fingerprint density at radius 3 is 2.74 bits per heavy atom. The van der Waals surface area contributed by atoms with Crippen molar-refractivity contribution >= 4 is 17.3 Å². The molecule has 1 aliphatic heterocycles. The number of para-hydroxylation sites is 1. The Morgan fingerprint density at radius 2 is 2.04 bits per heavy atom. The number of fused-ring (bicyclic) bond motifs is 2. The lowest BCUT2D eigenvalue weighted by Crippen LogP contribution is -2.24. The fraction of sp³-hybridized carbons (Fsp3) is 0.632. The first kappa shape index (κ1) is 15.0. The van der Waals surface area contributed by atoms with E-state index in [0.717, 1.165) is 43.5 Å². The SMILES string of the molecule is O=C(CC1CC2CCC1C2)Nc1c(F)cccc1N1CCCC1. The van der Waals surface area contributed by atoms with E-state index in [1.165, 1.54) is 31.7 Å². The molecule has 3 atom stereocenters. The van der Waals surface area contributed by atoms with Crippen LogP contribution in [0.1, 0.15) is 44.9 Å². The van der Waals surface area contributed by atoms with Crippen LogP contribution < -0.4 is 10.2 Å². The fourth-order valence-corrected chi connectivity index (χ4v) is 4.91. The number of nitrogens with one attached hydrogen (secondary N) is 1. The zero-order chi connectivity index (χ0) is 15.8. The van der Waals surface area contributed by atoms with Crippen molar-refractivity contribution in [2.75, 3.05) is 23.3 Å². The number of anilines is 2. The number of nitrogens with zero attached hydrogens (tertiary/aromatic N) is 1. The van der Waals surface area contributed by atoms with E-state index < -0.39 is 0 Å². The number of carbonyl (C=O) groups is 1. The molecule has 4 rings (SSSR count). The lowest BCUT2D eigenvalue weighted by molar-refractivity contribution is -0.117. The van der Waals surface area contributed by atoms with Crippen LogP contribution in [0.2, 0.25) is 0 Å². The molecular weight excluding hydrogens is 291 g/mol. The molecule has 3 unspecified atom stereocenters. The van der Waals surface area contributed by atoms with Crippen LogP contribution >= 0.6 is 0 Å². The summed E-state index contributed by atoms with van der Waals surface area (Å²) in [5, 5.41) is 2.89. The smallest absolute Gasteiger partial charge is 0.224 e. The van der Waals surface area contributed by atoms with Gasteiger partial charge in [-0.15, -0.1) is 0 Å². The van der Waals surface area contributed by atoms with Crippen LogP contribution in [0.4, 0.5) is 15.8 Å². The molecule has 124 valence electrons. The van der Waals surface area contributed by atoms with Gasteiger partial charge in [0.15, 0.2) is 0 Å². The average Bonchev–Trinajstić information content (AvgIpc) is 3.26. The van der Waals surface area contributed by atoms with Gasteiger partial charge in [-0.25, -0.2) is 4.39 Å². The second-order valence-electron chi connectivity index (χ2n) is 7.52. The molecule has 1 N–H and O–H groups in total. The van der Waals surface area contributed by atoms with Crippen molar-refractivity contribution in [3.63, 3.8) is 0 Å². The molecule has 0 spiro atoms. The summed E-state index contributed by atoms with van der Waals surface area (Å²) in [4.78, 5) is 14.6. The van der Waals surface area contributed by atoms with Gasteiger partial charge in [0.2, 0.25) is 5.91 Å². The maximum absolute atomic E-state index is 14.3. The van der Waals surface area contributed by atoms with Crippen LogP contribution in [0, 0.1) is 23.6 Å². The van der Waals surface area contributed by atoms with E-state index in [1.807, 2.05) is 6.07 Å². The molecule has 2 aliphatic carbocycles. The van der Waals surface area contributed by atoms with Gasteiger partial charge < -0.3 is 10.2 Å². The molecule has 1 heterocycles. The summed E-state index contributed by atoms with van der Waals surface area (Å²) < 4.78 is 14.3. The molecule has 0 aromatic heterocycles. The van der Waals surface area contributed by atoms with E-state index in [2.05, 4.69) is 10.2 Å². The summed E-state index contributed by atoms with van der Waals surface area (Å²) >= 11 is 0. The predicted molar refractivity (Wildman–Crippen MR) is 90.0 cm³/mol. The average molecular weight is 316 g/mol. The van der Waals surface area contributed by atoms with Crippen LogP contribution in [-0.4, -0.2) is 19.0 Å². The number of hydrogen-bond acceptors (Lipinski definition) is 2. The number of carbonyl (C=O) groups excluding carboxylic acids is 1. The van der Waals surface area contributed by atoms with E-state index in [1.54, 1.807) is 6.07 Å². The van der Waals surface area contributed by atoms with Gasteiger partial charge in [0.1, 0.15) is 11.5 Å².